The Labute approximate surface area is 206 Å². The highest BCUT2D eigenvalue weighted by molar-refractivity contribution is 7.92. The summed E-state index contributed by atoms with van der Waals surface area (Å²) in [7, 11) is -0.438. The number of aryl methyl sites for hydroxylation is 1. The van der Waals surface area contributed by atoms with Crippen molar-refractivity contribution >= 4 is 53.9 Å². The van der Waals surface area contributed by atoms with Crippen molar-refractivity contribution in [2.24, 2.45) is 12.0 Å². The number of sulfonamides is 1. The molecular weight excluding hydrogens is 482 g/mol. The second kappa shape index (κ2) is 9.01. The lowest BCUT2D eigenvalue weighted by Crippen LogP contribution is -2.14. The van der Waals surface area contributed by atoms with E-state index in [-0.39, 0.29) is 16.1 Å². The number of carbonyl (C=O) groups excluding carboxylic acids is 1. The minimum absolute atomic E-state index is 0.0873. The molecule has 1 heterocycles. The molecule has 0 aliphatic heterocycles. The molecule has 0 bridgehead atoms. The molecule has 1 aromatic heterocycles. The second-order valence-electron chi connectivity index (χ2n) is 7.86. The van der Waals surface area contributed by atoms with Gasteiger partial charge in [-0.15, -0.1) is 0 Å². The van der Waals surface area contributed by atoms with E-state index in [4.69, 9.17) is 4.74 Å². The molecular formula is C26H21N3O4S2. The number of hydrogen-bond acceptors (Lipinski definition) is 5. The van der Waals surface area contributed by atoms with Gasteiger partial charge in [-0.25, -0.2) is 8.42 Å². The third-order valence-corrected chi connectivity index (χ3v) is 8.11. The minimum atomic E-state index is -3.83. The maximum absolute atomic E-state index is 13.0. The predicted octanol–water partition coefficient (Wildman–Crippen LogP) is 4.94. The summed E-state index contributed by atoms with van der Waals surface area (Å²) in [6, 6.07) is 24.5. The van der Waals surface area contributed by atoms with Gasteiger partial charge in [0.1, 0.15) is 5.75 Å². The zero-order chi connectivity index (χ0) is 24.6. The van der Waals surface area contributed by atoms with Crippen molar-refractivity contribution in [1.82, 2.24) is 4.57 Å². The topological polar surface area (TPSA) is 89.8 Å². The highest BCUT2D eigenvalue weighted by Gasteiger charge is 2.16. The number of nitrogens with zero attached hydrogens (tertiary/aromatic N) is 2. The normalized spacial score (nSPS) is 12.2. The largest absolute Gasteiger partial charge is 0.497 e. The molecule has 4 aromatic carbocycles. The number of thiazole rings is 1. The number of carbonyl (C=O) groups is 1. The average Bonchev–Trinajstić information content (AvgIpc) is 3.19. The van der Waals surface area contributed by atoms with E-state index in [1.54, 1.807) is 30.3 Å². The number of anilines is 1. The maximum Gasteiger partial charge on any atom is 0.279 e. The fourth-order valence-corrected chi connectivity index (χ4v) is 5.94. The van der Waals surface area contributed by atoms with E-state index in [9.17, 15) is 13.2 Å². The number of nitrogens with one attached hydrogen (secondary N) is 1. The van der Waals surface area contributed by atoms with E-state index in [1.165, 1.54) is 36.6 Å². The van der Waals surface area contributed by atoms with E-state index in [0.717, 1.165) is 21.0 Å². The van der Waals surface area contributed by atoms with Gasteiger partial charge >= 0.3 is 0 Å². The van der Waals surface area contributed by atoms with Crippen LogP contribution in [0.1, 0.15) is 10.4 Å². The van der Waals surface area contributed by atoms with Crippen molar-refractivity contribution in [3.05, 3.63) is 95.3 Å². The van der Waals surface area contributed by atoms with Crippen LogP contribution < -0.4 is 14.3 Å². The van der Waals surface area contributed by atoms with Crippen molar-refractivity contribution in [1.29, 1.82) is 0 Å². The molecule has 0 fully saturated rings. The molecule has 1 amide bonds. The average molecular weight is 504 g/mol. The number of rotatable bonds is 5. The van der Waals surface area contributed by atoms with Gasteiger partial charge in [0.15, 0.2) is 4.80 Å². The van der Waals surface area contributed by atoms with Crippen molar-refractivity contribution in [3.63, 3.8) is 0 Å². The third-order valence-electron chi connectivity index (χ3n) is 5.62. The van der Waals surface area contributed by atoms with Crippen LogP contribution in [0.2, 0.25) is 0 Å². The first-order valence-electron chi connectivity index (χ1n) is 10.7. The van der Waals surface area contributed by atoms with Crippen LogP contribution in [0.15, 0.2) is 94.8 Å². The molecule has 9 heteroatoms. The summed E-state index contributed by atoms with van der Waals surface area (Å²) in [5.74, 6) is 0.0995. The number of aromatic nitrogens is 1. The molecule has 5 aromatic rings. The first-order valence-corrected chi connectivity index (χ1v) is 13.0. The highest BCUT2D eigenvalue weighted by Crippen LogP contribution is 2.26. The van der Waals surface area contributed by atoms with Crippen LogP contribution >= 0.6 is 11.3 Å². The Bertz CT molecular complexity index is 1750. The fraction of sp³-hybridized carbons (Fsp3) is 0.0769. The first kappa shape index (κ1) is 22.8. The number of benzene rings is 4. The zero-order valence-corrected chi connectivity index (χ0v) is 20.6. The Balaban J connectivity index is 1.46. The van der Waals surface area contributed by atoms with E-state index in [1.807, 2.05) is 41.9 Å². The lowest BCUT2D eigenvalue weighted by Gasteiger charge is -2.09. The maximum atomic E-state index is 13.0. The van der Waals surface area contributed by atoms with Crippen molar-refractivity contribution in [2.45, 2.75) is 4.90 Å². The van der Waals surface area contributed by atoms with Crippen LogP contribution in [0, 0.1) is 0 Å². The Morgan fingerprint density at radius 2 is 1.74 bits per heavy atom. The molecule has 0 spiro atoms. The number of methoxy groups -OCH3 is 1. The molecule has 0 unspecified atom stereocenters. The lowest BCUT2D eigenvalue weighted by molar-refractivity contribution is 0.0998. The molecule has 0 saturated heterocycles. The van der Waals surface area contributed by atoms with Gasteiger partial charge in [0, 0.05) is 23.7 Å². The molecule has 176 valence electrons. The van der Waals surface area contributed by atoms with Gasteiger partial charge in [0.25, 0.3) is 15.9 Å². The van der Waals surface area contributed by atoms with E-state index >= 15 is 0 Å². The monoisotopic (exact) mass is 503 g/mol. The molecule has 35 heavy (non-hydrogen) atoms. The Morgan fingerprint density at radius 1 is 0.971 bits per heavy atom. The zero-order valence-electron chi connectivity index (χ0n) is 18.9. The Kier molecular flexibility index (Phi) is 5.88. The molecule has 7 nitrogen and oxygen atoms in total. The minimum Gasteiger partial charge on any atom is -0.497 e. The van der Waals surface area contributed by atoms with Crippen molar-refractivity contribution in [3.8, 4) is 5.75 Å². The summed E-state index contributed by atoms with van der Waals surface area (Å²) in [5.41, 5.74) is 1.57. The van der Waals surface area contributed by atoms with Crippen molar-refractivity contribution in [2.75, 3.05) is 11.8 Å². The summed E-state index contributed by atoms with van der Waals surface area (Å²) in [6.45, 7) is 0. The second-order valence-corrected chi connectivity index (χ2v) is 10.5. The van der Waals surface area contributed by atoms with Crippen LogP contribution in [-0.2, 0) is 17.1 Å². The van der Waals surface area contributed by atoms with Gasteiger partial charge in [-0.3, -0.25) is 9.52 Å². The molecule has 5 rings (SSSR count). The van der Waals surface area contributed by atoms with Gasteiger partial charge in [-0.2, -0.15) is 4.99 Å². The van der Waals surface area contributed by atoms with Crippen LogP contribution in [0.3, 0.4) is 0 Å². The van der Waals surface area contributed by atoms with E-state index in [2.05, 4.69) is 15.8 Å². The van der Waals surface area contributed by atoms with Crippen LogP contribution in [-0.4, -0.2) is 26.0 Å². The summed E-state index contributed by atoms with van der Waals surface area (Å²) < 4.78 is 36.1. The molecule has 0 aliphatic rings. The first-order chi connectivity index (χ1) is 16.9. The molecule has 0 radical (unpaired) electrons. The van der Waals surface area contributed by atoms with Crippen LogP contribution in [0.25, 0.3) is 21.0 Å². The number of ether oxygens (including phenoxy) is 1. The molecule has 0 saturated carbocycles. The smallest absolute Gasteiger partial charge is 0.279 e. The fourth-order valence-electron chi connectivity index (χ4n) is 3.86. The standard InChI is InChI=1S/C26H21N3O4S2/c1-29-24-22-9-4-3-6-17(22)10-15-23(24)34-26(29)27-25(30)18-7-5-8-19(16-18)28-35(31,32)21-13-11-20(33-2)12-14-21/h3-16,28H,1-2H3. The number of fused-ring (bicyclic) bond motifs is 3. The van der Waals surface area contributed by atoms with Crippen molar-refractivity contribution < 1.29 is 17.9 Å². The van der Waals surface area contributed by atoms with Gasteiger partial charge in [-0.1, -0.05) is 47.7 Å². The molecule has 0 atom stereocenters. The summed E-state index contributed by atoms with van der Waals surface area (Å²) in [6.07, 6.45) is 0. The predicted molar refractivity (Wildman–Crippen MR) is 138 cm³/mol. The Hall–Kier alpha value is -3.95. The van der Waals surface area contributed by atoms with E-state index < -0.39 is 15.9 Å². The number of amides is 1. The van der Waals surface area contributed by atoms with Crippen LogP contribution in [0.4, 0.5) is 5.69 Å². The summed E-state index contributed by atoms with van der Waals surface area (Å²) in [4.78, 5) is 18.0. The number of hydrogen-bond donors (Lipinski definition) is 1. The third kappa shape index (κ3) is 4.43. The quantitative estimate of drug-likeness (QED) is 0.368. The van der Waals surface area contributed by atoms with Gasteiger partial charge in [0.2, 0.25) is 0 Å². The Morgan fingerprint density at radius 3 is 2.51 bits per heavy atom. The van der Waals surface area contributed by atoms with Gasteiger partial charge in [0.05, 0.1) is 22.2 Å². The highest BCUT2D eigenvalue weighted by atomic mass is 32.2. The lowest BCUT2D eigenvalue weighted by atomic mass is 10.1. The van der Waals surface area contributed by atoms with E-state index in [0.29, 0.717) is 10.6 Å². The van der Waals surface area contributed by atoms with Gasteiger partial charge in [-0.05, 0) is 53.9 Å². The van der Waals surface area contributed by atoms with Gasteiger partial charge < -0.3 is 9.30 Å². The summed E-state index contributed by atoms with van der Waals surface area (Å²) >= 11 is 1.43. The van der Waals surface area contributed by atoms with Crippen LogP contribution in [0.5, 0.6) is 5.75 Å². The molecule has 1 N–H and O–H groups in total. The molecule has 0 aliphatic carbocycles. The summed E-state index contributed by atoms with van der Waals surface area (Å²) in [5, 5.41) is 2.20. The SMILES string of the molecule is COc1ccc(S(=O)(=O)Nc2cccc(C(=O)N=c3sc4ccc5ccccc5c4n3C)c2)cc1.